The average Bonchev–Trinajstić information content (AvgIpc) is 2.61. The minimum Gasteiger partial charge on any atom is -0.481 e. The smallest absolute Gasteiger partial charge is 0.312 e. The summed E-state index contributed by atoms with van der Waals surface area (Å²) in [6.45, 7) is 3.92. The topological polar surface area (TPSA) is 66.4 Å². The Bertz CT molecular complexity index is 729. The molecular formula is C21H24FNO3. The Labute approximate surface area is 153 Å². The van der Waals surface area contributed by atoms with Crippen LogP contribution in [0, 0.1) is 17.7 Å². The van der Waals surface area contributed by atoms with Crippen LogP contribution in [0.3, 0.4) is 0 Å². The van der Waals surface area contributed by atoms with Crippen LogP contribution in [0.4, 0.5) is 4.39 Å². The van der Waals surface area contributed by atoms with Crippen molar-refractivity contribution in [3.63, 3.8) is 0 Å². The van der Waals surface area contributed by atoms with Crippen molar-refractivity contribution in [2.75, 3.05) is 6.54 Å². The van der Waals surface area contributed by atoms with E-state index in [9.17, 15) is 19.1 Å². The third kappa shape index (κ3) is 5.41. The molecule has 0 aliphatic rings. The number of aliphatic carboxylic acids is 1. The van der Waals surface area contributed by atoms with Gasteiger partial charge in [0.2, 0.25) is 5.91 Å². The Balaban J connectivity index is 2.05. The first-order chi connectivity index (χ1) is 12.4. The molecule has 5 heteroatoms. The van der Waals surface area contributed by atoms with Gasteiger partial charge >= 0.3 is 5.97 Å². The zero-order valence-corrected chi connectivity index (χ0v) is 15.0. The number of carboxylic acid groups (broad SMARTS) is 1. The van der Waals surface area contributed by atoms with E-state index in [-0.39, 0.29) is 24.3 Å². The molecule has 1 amide bonds. The molecule has 2 aromatic rings. The van der Waals surface area contributed by atoms with Gasteiger partial charge in [-0.05, 0) is 35.6 Å². The van der Waals surface area contributed by atoms with E-state index in [0.29, 0.717) is 12.0 Å². The molecule has 0 saturated carbocycles. The van der Waals surface area contributed by atoms with Gasteiger partial charge in [0.05, 0.1) is 5.92 Å². The third-order valence-electron chi connectivity index (χ3n) is 4.49. The minimum absolute atomic E-state index is 0.0300. The lowest BCUT2D eigenvalue weighted by molar-refractivity contribution is -0.138. The number of carboxylic acids is 1. The van der Waals surface area contributed by atoms with Gasteiger partial charge in [-0.2, -0.15) is 0 Å². The highest BCUT2D eigenvalue weighted by atomic mass is 19.1. The summed E-state index contributed by atoms with van der Waals surface area (Å²) in [4.78, 5) is 24.2. The molecule has 2 unspecified atom stereocenters. The maximum Gasteiger partial charge on any atom is 0.312 e. The molecule has 0 aliphatic carbocycles. The zero-order chi connectivity index (χ0) is 19.1. The highest BCUT2D eigenvalue weighted by Gasteiger charge is 2.26. The third-order valence-corrected chi connectivity index (χ3v) is 4.49. The zero-order valence-electron chi connectivity index (χ0n) is 15.0. The van der Waals surface area contributed by atoms with Gasteiger partial charge in [0.1, 0.15) is 5.82 Å². The first kappa shape index (κ1) is 19.6. The van der Waals surface area contributed by atoms with Gasteiger partial charge in [0, 0.05) is 12.5 Å². The quantitative estimate of drug-likeness (QED) is 0.758. The lowest BCUT2D eigenvalue weighted by atomic mass is 9.88. The largest absolute Gasteiger partial charge is 0.481 e. The van der Waals surface area contributed by atoms with Crippen molar-refractivity contribution in [2.45, 2.75) is 26.2 Å². The standard InChI is InChI=1S/C21H24FNO3/c1-14(2)18(12-15-6-4-3-5-7-15)20(24)23-13-19(21(25)26)16-8-10-17(22)11-9-16/h3-11,14,18-19H,12-13H2,1-2H3,(H,23,24)(H,25,26). The SMILES string of the molecule is CC(C)C(Cc1ccccc1)C(=O)NCC(C(=O)O)c1ccc(F)cc1. The van der Waals surface area contributed by atoms with Crippen LogP contribution in [0.1, 0.15) is 30.9 Å². The number of hydrogen-bond donors (Lipinski definition) is 2. The van der Waals surface area contributed by atoms with Gasteiger partial charge in [-0.3, -0.25) is 9.59 Å². The van der Waals surface area contributed by atoms with Crippen LogP contribution >= 0.6 is 0 Å². The first-order valence-corrected chi connectivity index (χ1v) is 8.68. The van der Waals surface area contributed by atoms with Crippen molar-refractivity contribution in [1.82, 2.24) is 5.32 Å². The second-order valence-electron chi connectivity index (χ2n) is 6.73. The number of carbonyl (C=O) groups excluding carboxylic acids is 1. The Kier molecular flexibility index (Phi) is 6.89. The normalized spacial score (nSPS) is 13.2. The van der Waals surface area contributed by atoms with Crippen molar-refractivity contribution in [2.24, 2.45) is 11.8 Å². The maximum atomic E-state index is 13.0. The number of rotatable bonds is 8. The van der Waals surface area contributed by atoms with Gasteiger partial charge in [-0.25, -0.2) is 4.39 Å². The Morgan fingerprint density at radius 2 is 1.65 bits per heavy atom. The fraction of sp³-hybridized carbons (Fsp3) is 0.333. The van der Waals surface area contributed by atoms with Crippen LogP contribution in [0.15, 0.2) is 54.6 Å². The van der Waals surface area contributed by atoms with Crippen LogP contribution in [-0.2, 0) is 16.0 Å². The predicted molar refractivity (Wildman–Crippen MR) is 98.3 cm³/mol. The fourth-order valence-corrected chi connectivity index (χ4v) is 2.88. The number of halogens is 1. The lowest BCUT2D eigenvalue weighted by Gasteiger charge is -2.22. The van der Waals surface area contributed by atoms with E-state index in [4.69, 9.17) is 0 Å². The summed E-state index contributed by atoms with van der Waals surface area (Å²) in [6.07, 6.45) is 0.596. The van der Waals surface area contributed by atoms with Crippen molar-refractivity contribution >= 4 is 11.9 Å². The molecule has 0 aliphatic heterocycles. The summed E-state index contributed by atoms with van der Waals surface area (Å²) < 4.78 is 13.0. The molecule has 0 radical (unpaired) electrons. The molecule has 26 heavy (non-hydrogen) atoms. The van der Waals surface area contributed by atoms with E-state index in [2.05, 4.69) is 5.32 Å². The summed E-state index contributed by atoms with van der Waals surface area (Å²) in [6, 6.07) is 15.0. The average molecular weight is 357 g/mol. The fourth-order valence-electron chi connectivity index (χ4n) is 2.88. The van der Waals surface area contributed by atoms with E-state index in [0.717, 1.165) is 5.56 Å². The van der Waals surface area contributed by atoms with Crippen LogP contribution in [0.25, 0.3) is 0 Å². The first-order valence-electron chi connectivity index (χ1n) is 8.68. The van der Waals surface area contributed by atoms with Crippen LogP contribution in [-0.4, -0.2) is 23.5 Å². The molecule has 0 fully saturated rings. The second kappa shape index (κ2) is 9.13. The molecule has 2 atom stereocenters. The number of nitrogens with one attached hydrogen (secondary N) is 1. The van der Waals surface area contributed by atoms with E-state index in [1.54, 1.807) is 0 Å². The molecule has 0 bridgehead atoms. The molecule has 138 valence electrons. The number of amides is 1. The molecular weight excluding hydrogens is 333 g/mol. The molecule has 4 nitrogen and oxygen atoms in total. The van der Waals surface area contributed by atoms with E-state index >= 15 is 0 Å². The van der Waals surface area contributed by atoms with Gasteiger partial charge < -0.3 is 10.4 Å². The molecule has 0 aromatic heterocycles. The highest BCUT2D eigenvalue weighted by Crippen LogP contribution is 2.19. The second-order valence-corrected chi connectivity index (χ2v) is 6.73. The highest BCUT2D eigenvalue weighted by molar-refractivity contribution is 5.81. The van der Waals surface area contributed by atoms with E-state index in [1.807, 2.05) is 44.2 Å². The molecule has 0 spiro atoms. The van der Waals surface area contributed by atoms with Crippen molar-refractivity contribution in [1.29, 1.82) is 0 Å². The number of hydrogen-bond acceptors (Lipinski definition) is 2. The Morgan fingerprint density at radius 3 is 2.19 bits per heavy atom. The van der Waals surface area contributed by atoms with Gasteiger partial charge in [0.25, 0.3) is 0 Å². The number of carbonyl (C=O) groups is 2. The molecule has 2 aromatic carbocycles. The summed E-state index contributed by atoms with van der Waals surface area (Å²) in [5.41, 5.74) is 1.53. The Morgan fingerprint density at radius 1 is 1.04 bits per heavy atom. The van der Waals surface area contributed by atoms with Crippen molar-refractivity contribution < 1.29 is 19.1 Å². The van der Waals surface area contributed by atoms with Crippen LogP contribution in [0.2, 0.25) is 0 Å². The molecule has 2 N–H and O–H groups in total. The monoisotopic (exact) mass is 357 g/mol. The van der Waals surface area contributed by atoms with E-state index < -0.39 is 17.7 Å². The summed E-state index contributed by atoms with van der Waals surface area (Å²) in [5, 5.41) is 12.2. The molecule has 0 saturated heterocycles. The lowest BCUT2D eigenvalue weighted by Crippen LogP contribution is -2.38. The summed E-state index contributed by atoms with van der Waals surface area (Å²) in [7, 11) is 0. The van der Waals surface area contributed by atoms with Crippen LogP contribution in [0.5, 0.6) is 0 Å². The predicted octanol–water partition coefficient (Wildman–Crippen LogP) is 3.63. The van der Waals surface area contributed by atoms with Gasteiger partial charge in [-0.1, -0.05) is 56.3 Å². The van der Waals surface area contributed by atoms with Crippen molar-refractivity contribution in [3.8, 4) is 0 Å². The summed E-state index contributed by atoms with van der Waals surface area (Å²) in [5.74, 6) is -2.70. The Hall–Kier alpha value is -2.69. The van der Waals surface area contributed by atoms with Gasteiger partial charge in [0.15, 0.2) is 0 Å². The van der Waals surface area contributed by atoms with Crippen molar-refractivity contribution in [3.05, 3.63) is 71.5 Å². The van der Waals surface area contributed by atoms with Gasteiger partial charge in [-0.15, -0.1) is 0 Å². The number of benzene rings is 2. The van der Waals surface area contributed by atoms with E-state index in [1.165, 1.54) is 24.3 Å². The maximum absolute atomic E-state index is 13.0. The molecule has 0 heterocycles. The summed E-state index contributed by atoms with van der Waals surface area (Å²) >= 11 is 0. The minimum atomic E-state index is -1.05. The molecule has 2 rings (SSSR count). The van der Waals surface area contributed by atoms with Crippen LogP contribution < -0.4 is 5.32 Å².